The number of benzene rings is 4. The molecule has 0 saturated carbocycles. The average Bonchev–Trinajstić information content (AvgIpc) is 3.43. The van der Waals surface area contributed by atoms with Crippen LogP contribution < -0.4 is 11.2 Å². The van der Waals surface area contributed by atoms with E-state index in [1.165, 1.54) is 32.3 Å². The summed E-state index contributed by atoms with van der Waals surface area (Å²) >= 11 is 0. The van der Waals surface area contributed by atoms with Gasteiger partial charge in [-0.1, -0.05) is 110 Å². The Morgan fingerprint density at radius 3 is 1.92 bits per heavy atom. The Kier molecular flexibility index (Phi) is 8.75. The van der Waals surface area contributed by atoms with Gasteiger partial charge in [0.25, 0.3) is 5.56 Å². The van der Waals surface area contributed by atoms with Gasteiger partial charge in [-0.3, -0.25) is 14.3 Å². The summed E-state index contributed by atoms with van der Waals surface area (Å²) in [6, 6.07) is 19.0. The van der Waals surface area contributed by atoms with Crippen LogP contribution >= 0.6 is 0 Å². The smallest absolute Gasteiger partial charge is 0.335 e. The van der Waals surface area contributed by atoms with E-state index < -0.39 is 34.6 Å². The highest BCUT2D eigenvalue weighted by molar-refractivity contribution is 6.84. The molecule has 1 N–H and O–H groups in total. The highest BCUT2D eigenvalue weighted by atomic mass is 28.5. The molecule has 3 heterocycles. The van der Waals surface area contributed by atoms with Crippen molar-refractivity contribution in [2.75, 3.05) is 6.61 Å². The first-order chi connectivity index (χ1) is 23.3. The van der Waals surface area contributed by atoms with Gasteiger partial charge in [0.05, 0.1) is 12.7 Å². The third-order valence-corrected chi connectivity index (χ3v) is 20.9. The number of aromatic amines is 1. The van der Waals surface area contributed by atoms with Gasteiger partial charge < -0.3 is 17.7 Å². The van der Waals surface area contributed by atoms with Crippen molar-refractivity contribution < 1.29 is 17.7 Å². The van der Waals surface area contributed by atoms with E-state index in [9.17, 15) is 9.59 Å². The largest absolute Gasteiger partial charge is 0.414 e. The fraction of sp³-hybridized carbons (Fsp3) is 0.436. The fourth-order valence-electron chi connectivity index (χ4n) is 8.06. The number of nitrogens with zero attached hydrogens (tertiary/aromatic N) is 1. The summed E-state index contributed by atoms with van der Waals surface area (Å²) in [5.41, 5.74) is 0.693. The van der Waals surface area contributed by atoms with Gasteiger partial charge >= 0.3 is 22.8 Å². The van der Waals surface area contributed by atoms with Crippen molar-refractivity contribution in [2.24, 2.45) is 0 Å². The summed E-state index contributed by atoms with van der Waals surface area (Å²) < 4.78 is 29.3. The Hall–Kier alpha value is -3.57. The first-order valence-electron chi connectivity index (χ1n) is 17.6. The number of rotatable bonds is 5. The molecule has 2 saturated heterocycles. The standard InChI is InChI=1S/C39H46N2O6Si2/c1-23(2)48(24(3)4)44-22-34-33(46-49(47-48,25(5)6)26(7)8)20-35(45-34)41-21-32(38(42)40-39(41)43)13-12-27-18-30-16-14-28-10-9-11-29-15-17-31(19-27)37(30)36(28)29/h9-11,14-19,21,23-26,33-35H,20,22H2,1-8H3,(H,40,42,43)/t33?,34-,35-/m1/s1. The van der Waals surface area contributed by atoms with Crippen molar-refractivity contribution in [1.82, 2.24) is 9.55 Å². The van der Waals surface area contributed by atoms with Gasteiger partial charge in [0, 0.05) is 18.2 Å². The minimum atomic E-state index is -2.84. The third kappa shape index (κ3) is 5.70. The van der Waals surface area contributed by atoms with E-state index in [1.54, 1.807) is 0 Å². The molecule has 256 valence electrons. The number of ether oxygens (including phenoxy) is 1. The van der Waals surface area contributed by atoms with E-state index in [-0.39, 0.29) is 39.9 Å². The van der Waals surface area contributed by atoms with Crippen LogP contribution in [0.5, 0.6) is 0 Å². The van der Waals surface area contributed by atoms with Crippen molar-refractivity contribution in [1.29, 1.82) is 0 Å². The fourth-order valence-corrected chi connectivity index (χ4v) is 19.3. The summed E-state index contributed by atoms with van der Waals surface area (Å²) in [4.78, 5) is 28.8. The van der Waals surface area contributed by atoms with Crippen molar-refractivity contribution in [3.8, 4) is 11.8 Å². The first kappa shape index (κ1) is 33.9. The third-order valence-electron chi connectivity index (χ3n) is 10.6. The maximum Gasteiger partial charge on any atom is 0.335 e. The molecule has 3 atom stereocenters. The summed E-state index contributed by atoms with van der Waals surface area (Å²) in [5, 5.41) is 7.04. The van der Waals surface area contributed by atoms with Gasteiger partial charge in [-0.15, -0.1) is 0 Å². The maximum atomic E-state index is 13.3. The van der Waals surface area contributed by atoms with Crippen LogP contribution in [0.4, 0.5) is 0 Å². The molecule has 7 rings (SSSR count). The predicted molar refractivity (Wildman–Crippen MR) is 200 cm³/mol. The van der Waals surface area contributed by atoms with Gasteiger partial charge in [0.1, 0.15) is 17.9 Å². The molecule has 1 aromatic heterocycles. The van der Waals surface area contributed by atoms with Gasteiger partial charge in [0.2, 0.25) is 0 Å². The van der Waals surface area contributed by atoms with Gasteiger partial charge in [-0.25, -0.2) is 4.79 Å². The molecule has 0 spiro atoms. The Morgan fingerprint density at radius 1 is 0.755 bits per heavy atom. The Bertz CT molecular complexity index is 2130. The first-order valence-corrected chi connectivity index (χ1v) is 21.5. The maximum absolute atomic E-state index is 13.3. The number of aromatic nitrogens is 2. The molecule has 10 heteroatoms. The van der Waals surface area contributed by atoms with E-state index in [0.717, 1.165) is 16.3 Å². The Labute approximate surface area is 289 Å². The van der Waals surface area contributed by atoms with Gasteiger partial charge in [0.15, 0.2) is 0 Å². The zero-order valence-corrected chi connectivity index (χ0v) is 31.6. The summed E-state index contributed by atoms with van der Waals surface area (Å²) in [5.74, 6) is 6.25. The highest BCUT2D eigenvalue weighted by Crippen LogP contribution is 2.48. The minimum absolute atomic E-state index is 0.178. The topological polar surface area (TPSA) is 91.8 Å². The predicted octanol–water partition coefficient (Wildman–Crippen LogP) is 8.08. The quantitative estimate of drug-likeness (QED) is 0.114. The monoisotopic (exact) mass is 694 g/mol. The molecule has 0 radical (unpaired) electrons. The second kappa shape index (κ2) is 12.6. The van der Waals surface area contributed by atoms with E-state index in [0.29, 0.717) is 13.0 Å². The molecule has 2 fully saturated rings. The number of hydrogen-bond acceptors (Lipinski definition) is 6. The van der Waals surface area contributed by atoms with Gasteiger partial charge in [-0.2, -0.15) is 0 Å². The molecule has 0 bridgehead atoms. The van der Waals surface area contributed by atoms with E-state index >= 15 is 0 Å². The lowest BCUT2D eigenvalue weighted by Gasteiger charge is -2.51. The second-order valence-corrected chi connectivity index (χ2v) is 23.8. The lowest BCUT2D eigenvalue weighted by molar-refractivity contribution is -0.0566. The van der Waals surface area contributed by atoms with E-state index in [1.807, 2.05) is 0 Å². The lowest BCUT2D eigenvalue weighted by atomic mass is 9.93. The SMILES string of the molecule is CC(C)[Si]1(C(C)C)OC[C@H]2O[C@@H](n3cc(C#Cc4cc5ccc6cccc7ccc(c4)c5c67)c(=O)[nH]c3=O)CC2O[Si](C(C)C)(C(C)C)O1. The van der Waals surface area contributed by atoms with Crippen LogP contribution in [0.15, 0.2) is 70.4 Å². The molecular formula is C39H46N2O6Si2. The summed E-state index contributed by atoms with van der Waals surface area (Å²) in [7, 11) is -5.57. The molecule has 49 heavy (non-hydrogen) atoms. The minimum Gasteiger partial charge on any atom is -0.414 e. The molecule has 2 aliphatic heterocycles. The van der Waals surface area contributed by atoms with Gasteiger partial charge in [-0.05, 0) is 66.6 Å². The van der Waals surface area contributed by atoms with Crippen LogP contribution in [-0.4, -0.2) is 45.5 Å². The van der Waals surface area contributed by atoms with Crippen LogP contribution in [0, 0.1) is 11.8 Å². The van der Waals surface area contributed by atoms with Crippen molar-refractivity contribution in [2.45, 2.75) is 102 Å². The molecular weight excluding hydrogens is 649 g/mol. The van der Waals surface area contributed by atoms with Crippen LogP contribution in [0.2, 0.25) is 22.2 Å². The van der Waals surface area contributed by atoms with E-state index in [4.69, 9.17) is 17.7 Å². The number of H-pyrrole nitrogens is 1. The Morgan fingerprint density at radius 2 is 1.33 bits per heavy atom. The lowest BCUT2D eigenvalue weighted by Crippen LogP contribution is -2.65. The molecule has 1 unspecified atom stereocenters. The molecule has 2 aliphatic rings. The molecule has 4 aromatic carbocycles. The molecule has 0 aliphatic carbocycles. The van der Waals surface area contributed by atoms with Crippen molar-refractivity contribution in [3.63, 3.8) is 0 Å². The number of hydrogen-bond donors (Lipinski definition) is 1. The van der Waals surface area contributed by atoms with Crippen LogP contribution in [-0.2, 0) is 17.7 Å². The molecule has 8 nitrogen and oxygen atoms in total. The average molecular weight is 695 g/mol. The van der Waals surface area contributed by atoms with Crippen LogP contribution in [0.3, 0.4) is 0 Å². The van der Waals surface area contributed by atoms with Crippen molar-refractivity contribution >= 4 is 49.4 Å². The highest BCUT2D eigenvalue weighted by Gasteiger charge is 2.60. The summed E-state index contributed by atoms with van der Waals surface area (Å²) in [6.07, 6.45) is 0.602. The zero-order chi connectivity index (χ0) is 34.8. The normalized spacial score (nSPS) is 22.2. The summed E-state index contributed by atoms with van der Waals surface area (Å²) in [6.45, 7) is 17.8. The number of nitrogens with one attached hydrogen (secondary N) is 1. The Balaban J connectivity index is 1.22. The van der Waals surface area contributed by atoms with Crippen LogP contribution in [0.25, 0.3) is 32.3 Å². The molecule has 0 amide bonds. The van der Waals surface area contributed by atoms with E-state index in [2.05, 4.69) is 127 Å². The zero-order valence-electron chi connectivity index (χ0n) is 29.6. The number of fused-ring (bicyclic) bond motifs is 1. The second-order valence-electron chi connectivity index (χ2n) is 15.0. The van der Waals surface area contributed by atoms with Crippen LogP contribution in [0.1, 0.15) is 79.2 Å². The molecule has 5 aromatic rings. The van der Waals surface area contributed by atoms with Crippen molar-refractivity contribution in [3.05, 3.63) is 92.8 Å².